The highest BCUT2D eigenvalue weighted by molar-refractivity contribution is 6.30. The zero-order valence-electron chi connectivity index (χ0n) is 12.4. The molecule has 0 aromatic heterocycles. The van der Waals surface area contributed by atoms with Gasteiger partial charge in [0, 0.05) is 43.3 Å². The lowest BCUT2D eigenvalue weighted by Gasteiger charge is -2.36. The van der Waals surface area contributed by atoms with Crippen molar-refractivity contribution in [3.05, 3.63) is 29.3 Å². The van der Waals surface area contributed by atoms with Crippen molar-refractivity contribution in [2.75, 3.05) is 31.1 Å². The number of hydrogen-bond donors (Lipinski definition) is 0. The van der Waals surface area contributed by atoms with Gasteiger partial charge in [0.2, 0.25) is 5.91 Å². The van der Waals surface area contributed by atoms with Crippen LogP contribution in [-0.2, 0) is 4.79 Å². The molecule has 1 saturated heterocycles. The Balaban J connectivity index is 1.50. The summed E-state index contributed by atoms with van der Waals surface area (Å²) in [4.78, 5) is 16.7. The monoisotopic (exact) mass is 306 g/mol. The van der Waals surface area contributed by atoms with Crippen LogP contribution in [0.1, 0.15) is 32.1 Å². The van der Waals surface area contributed by atoms with E-state index in [9.17, 15) is 4.79 Å². The first kappa shape index (κ1) is 14.7. The summed E-state index contributed by atoms with van der Waals surface area (Å²) in [6.45, 7) is 3.51. The van der Waals surface area contributed by atoms with E-state index in [2.05, 4.69) is 17.0 Å². The Morgan fingerprint density at radius 2 is 1.67 bits per heavy atom. The van der Waals surface area contributed by atoms with Crippen molar-refractivity contribution < 1.29 is 4.79 Å². The van der Waals surface area contributed by atoms with Crippen LogP contribution in [-0.4, -0.2) is 37.0 Å². The molecule has 0 radical (unpaired) electrons. The number of carbonyl (C=O) groups is 1. The molecular formula is C17H23ClN2O. The normalized spacial score (nSPS) is 20.0. The van der Waals surface area contributed by atoms with Crippen LogP contribution in [0.25, 0.3) is 0 Å². The number of benzene rings is 1. The first-order valence-electron chi connectivity index (χ1n) is 8.00. The first-order valence-corrected chi connectivity index (χ1v) is 8.38. The number of piperazine rings is 1. The second-order valence-corrected chi connectivity index (χ2v) is 6.64. The first-order chi connectivity index (χ1) is 10.2. The Hall–Kier alpha value is -1.22. The summed E-state index contributed by atoms with van der Waals surface area (Å²) in [6.07, 6.45) is 5.87. The standard InChI is InChI=1S/C17H23ClN2O/c18-15-5-7-16(8-6-15)19-9-11-20(12-10-19)17(21)13-14-3-1-2-4-14/h5-8,14H,1-4,9-13H2. The molecule has 1 saturated carbocycles. The molecule has 1 amide bonds. The minimum absolute atomic E-state index is 0.359. The molecule has 0 spiro atoms. The van der Waals surface area contributed by atoms with Crippen molar-refractivity contribution >= 4 is 23.2 Å². The van der Waals surface area contributed by atoms with Gasteiger partial charge in [-0.25, -0.2) is 0 Å². The predicted molar refractivity (Wildman–Crippen MR) is 86.8 cm³/mol. The number of rotatable bonds is 3. The van der Waals surface area contributed by atoms with E-state index in [0.29, 0.717) is 11.8 Å². The van der Waals surface area contributed by atoms with E-state index in [0.717, 1.165) is 37.6 Å². The molecule has 0 N–H and O–H groups in total. The SMILES string of the molecule is O=C(CC1CCCC1)N1CCN(c2ccc(Cl)cc2)CC1. The molecule has 1 aromatic carbocycles. The molecule has 0 unspecified atom stereocenters. The molecule has 114 valence electrons. The molecule has 1 heterocycles. The van der Waals surface area contributed by atoms with Crippen LogP contribution in [0.2, 0.25) is 5.02 Å². The summed E-state index contributed by atoms with van der Waals surface area (Å²) in [6, 6.07) is 7.96. The van der Waals surface area contributed by atoms with Gasteiger partial charge in [0.15, 0.2) is 0 Å². The lowest BCUT2D eigenvalue weighted by atomic mass is 10.0. The number of amides is 1. The van der Waals surface area contributed by atoms with Gasteiger partial charge in [0.05, 0.1) is 0 Å². The fourth-order valence-electron chi connectivity index (χ4n) is 3.46. The minimum Gasteiger partial charge on any atom is -0.368 e. The van der Waals surface area contributed by atoms with Crippen molar-refractivity contribution in [1.29, 1.82) is 0 Å². The van der Waals surface area contributed by atoms with Crippen LogP contribution in [0.3, 0.4) is 0 Å². The van der Waals surface area contributed by atoms with E-state index in [1.54, 1.807) is 0 Å². The zero-order valence-corrected chi connectivity index (χ0v) is 13.2. The van der Waals surface area contributed by atoms with Crippen molar-refractivity contribution in [3.63, 3.8) is 0 Å². The second-order valence-electron chi connectivity index (χ2n) is 6.20. The lowest BCUT2D eigenvalue weighted by Crippen LogP contribution is -2.49. The largest absolute Gasteiger partial charge is 0.368 e. The minimum atomic E-state index is 0.359. The van der Waals surface area contributed by atoms with E-state index < -0.39 is 0 Å². The highest BCUT2D eigenvalue weighted by atomic mass is 35.5. The van der Waals surface area contributed by atoms with Crippen LogP contribution < -0.4 is 4.90 Å². The zero-order chi connectivity index (χ0) is 14.7. The van der Waals surface area contributed by atoms with E-state index in [1.165, 1.54) is 31.4 Å². The smallest absolute Gasteiger partial charge is 0.222 e. The third-order valence-electron chi connectivity index (χ3n) is 4.76. The fourth-order valence-corrected chi connectivity index (χ4v) is 3.58. The summed E-state index contributed by atoms with van der Waals surface area (Å²) in [5, 5.41) is 0.768. The number of nitrogens with zero attached hydrogens (tertiary/aromatic N) is 2. The van der Waals surface area contributed by atoms with E-state index >= 15 is 0 Å². The van der Waals surface area contributed by atoms with Gasteiger partial charge < -0.3 is 9.80 Å². The second kappa shape index (κ2) is 6.69. The summed E-state index contributed by atoms with van der Waals surface area (Å²) >= 11 is 5.92. The molecule has 0 bridgehead atoms. The number of carbonyl (C=O) groups excluding carboxylic acids is 1. The van der Waals surface area contributed by atoms with Gasteiger partial charge >= 0.3 is 0 Å². The van der Waals surface area contributed by atoms with Crippen molar-refractivity contribution in [1.82, 2.24) is 4.90 Å². The van der Waals surface area contributed by atoms with Crippen LogP contribution >= 0.6 is 11.6 Å². The number of hydrogen-bond acceptors (Lipinski definition) is 2. The highest BCUT2D eigenvalue weighted by Crippen LogP contribution is 2.28. The number of halogens is 1. The van der Waals surface area contributed by atoms with Gasteiger partial charge in [-0.3, -0.25) is 4.79 Å². The van der Waals surface area contributed by atoms with E-state index in [4.69, 9.17) is 11.6 Å². The molecule has 2 aliphatic rings. The van der Waals surface area contributed by atoms with Crippen molar-refractivity contribution in [3.8, 4) is 0 Å². The molecule has 1 aliphatic heterocycles. The van der Waals surface area contributed by atoms with Crippen LogP contribution in [0.5, 0.6) is 0 Å². The topological polar surface area (TPSA) is 23.6 Å². The van der Waals surface area contributed by atoms with Gasteiger partial charge in [-0.05, 0) is 43.0 Å². The van der Waals surface area contributed by atoms with E-state index in [1.807, 2.05) is 17.0 Å². The van der Waals surface area contributed by atoms with Crippen molar-refractivity contribution in [2.45, 2.75) is 32.1 Å². The van der Waals surface area contributed by atoms with Gasteiger partial charge in [0.1, 0.15) is 0 Å². The molecule has 1 aromatic rings. The molecule has 1 aliphatic carbocycles. The van der Waals surface area contributed by atoms with Gasteiger partial charge in [-0.15, -0.1) is 0 Å². The van der Waals surface area contributed by atoms with Gasteiger partial charge in [-0.1, -0.05) is 24.4 Å². The third-order valence-corrected chi connectivity index (χ3v) is 5.01. The summed E-state index contributed by atoms with van der Waals surface area (Å²) < 4.78 is 0. The van der Waals surface area contributed by atoms with Gasteiger partial charge in [-0.2, -0.15) is 0 Å². The Bertz CT molecular complexity index is 474. The summed E-state index contributed by atoms with van der Waals surface area (Å²) in [5.41, 5.74) is 1.20. The molecule has 3 rings (SSSR count). The molecule has 2 fully saturated rings. The Morgan fingerprint density at radius 3 is 2.29 bits per heavy atom. The van der Waals surface area contributed by atoms with E-state index in [-0.39, 0.29) is 0 Å². The molecule has 0 atom stereocenters. The Kier molecular flexibility index (Phi) is 4.69. The molecule has 4 heteroatoms. The van der Waals surface area contributed by atoms with Crippen LogP contribution in [0.4, 0.5) is 5.69 Å². The highest BCUT2D eigenvalue weighted by Gasteiger charge is 2.25. The molecule has 21 heavy (non-hydrogen) atoms. The predicted octanol–water partition coefficient (Wildman–Crippen LogP) is 3.57. The Morgan fingerprint density at radius 1 is 1.05 bits per heavy atom. The third kappa shape index (κ3) is 3.70. The summed E-state index contributed by atoms with van der Waals surface area (Å²) in [7, 11) is 0. The van der Waals surface area contributed by atoms with Crippen molar-refractivity contribution in [2.24, 2.45) is 5.92 Å². The lowest BCUT2D eigenvalue weighted by molar-refractivity contribution is -0.132. The maximum absolute atomic E-state index is 12.3. The average Bonchev–Trinajstić information content (AvgIpc) is 3.01. The average molecular weight is 307 g/mol. The maximum Gasteiger partial charge on any atom is 0.222 e. The summed E-state index contributed by atoms with van der Waals surface area (Å²) in [5.74, 6) is 1.00. The molecule has 3 nitrogen and oxygen atoms in total. The fraction of sp³-hybridized carbons (Fsp3) is 0.588. The van der Waals surface area contributed by atoms with Crippen LogP contribution in [0.15, 0.2) is 24.3 Å². The quantitative estimate of drug-likeness (QED) is 0.852. The Labute approximate surface area is 131 Å². The number of anilines is 1. The molecular weight excluding hydrogens is 284 g/mol. The maximum atomic E-state index is 12.3. The van der Waals surface area contributed by atoms with Crippen LogP contribution in [0, 0.1) is 5.92 Å². The van der Waals surface area contributed by atoms with Gasteiger partial charge in [0.25, 0.3) is 0 Å².